The van der Waals surface area contributed by atoms with Crippen LogP contribution in [0.4, 0.5) is 5.82 Å². The number of aromatic amines is 1. The lowest BCUT2D eigenvalue weighted by Crippen LogP contribution is -2.36. The number of anilines is 1. The molecule has 2 aliphatic heterocycles. The fourth-order valence-electron chi connectivity index (χ4n) is 5.89. The molecule has 0 spiro atoms. The highest BCUT2D eigenvalue weighted by molar-refractivity contribution is 5.96. The third kappa shape index (κ3) is 6.48. The molecule has 1 N–H and O–H groups in total. The molecule has 0 aliphatic carbocycles. The van der Waals surface area contributed by atoms with Crippen LogP contribution in [0.5, 0.6) is 0 Å². The van der Waals surface area contributed by atoms with Crippen molar-refractivity contribution in [2.45, 2.75) is 32.2 Å². The van der Waals surface area contributed by atoms with E-state index in [0.29, 0.717) is 37.7 Å². The minimum absolute atomic E-state index is 0.00212. The number of carbonyl (C=O) groups excluding carboxylic acids is 2. The Morgan fingerprint density at radius 1 is 0.976 bits per heavy atom. The number of allylic oxidation sites excluding steroid dienone is 1. The smallest absolute Gasteiger partial charge is 0.185 e. The monoisotopic (exact) mass is 564 g/mol. The van der Waals surface area contributed by atoms with Crippen LogP contribution in [0.25, 0.3) is 22.3 Å². The van der Waals surface area contributed by atoms with Crippen molar-refractivity contribution in [3.8, 4) is 11.3 Å². The van der Waals surface area contributed by atoms with E-state index >= 15 is 0 Å². The molecule has 4 aromatic rings. The van der Waals surface area contributed by atoms with Crippen LogP contribution < -0.4 is 4.90 Å². The summed E-state index contributed by atoms with van der Waals surface area (Å²) < 4.78 is 5.49. The molecular formula is C33H36N6O3. The second kappa shape index (κ2) is 12.8. The highest BCUT2D eigenvalue weighted by Crippen LogP contribution is 2.29. The number of carbonyl (C=O) groups is 2. The summed E-state index contributed by atoms with van der Waals surface area (Å²) in [6, 6.07) is 14.1. The predicted octanol–water partition coefficient (Wildman–Crippen LogP) is 4.64. The van der Waals surface area contributed by atoms with E-state index in [9.17, 15) is 9.59 Å². The number of nitrogens with zero attached hydrogens (tertiary/aromatic N) is 5. The Morgan fingerprint density at radius 3 is 2.52 bits per heavy atom. The second-order valence-electron chi connectivity index (χ2n) is 11.2. The number of likely N-dealkylation sites (tertiary alicyclic amines) is 1. The van der Waals surface area contributed by atoms with Gasteiger partial charge in [-0.2, -0.15) is 0 Å². The van der Waals surface area contributed by atoms with Crippen LogP contribution in [0.1, 0.15) is 40.9 Å². The first kappa shape index (κ1) is 27.9. The topological polar surface area (TPSA) is 104 Å². The van der Waals surface area contributed by atoms with Crippen LogP contribution in [-0.4, -0.2) is 75.8 Å². The summed E-state index contributed by atoms with van der Waals surface area (Å²) in [6.45, 7) is 9.28. The molecule has 5 heterocycles. The van der Waals surface area contributed by atoms with Crippen molar-refractivity contribution in [1.82, 2.24) is 24.8 Å². The Hall–Kier alpha value is -4.21. The van der Waals surface area contributed by atoms with Crippen molar-refractivity contribution in [3.63, 3.8) is 0 Å². The molecule has 9 nitrogen and oxygen atoms in total. The van der Waals surface area contributed by atoms with Gasteiger partial charge < -0.3 is 14.6 Å². The van der Waals surface area contributed by atoms with Gasteiger partial charge in [0.1, 0.15) is 23.5 Å². The molecule has 0 unspecified atom stereocenters. The largest absolute Gasteiger partial charge is 0.378 e. The Kier molecular flexibility index (Phi) is 8.48. The molecule has 42 heavy (non-hydrogen) atoms. The van der Waals surface area contributed by atoms with E-state index in [4.69, 9.17) is 4.74 Å². The summed E-state index contributed by atoms with van der Waals surface area (Å²) in [6.07, 6.45) is 7.66. The molecule has 2 aliphatic rings. The normalized spacial score (nSPS) is 16.5. The minimum atomic E-state index is 0.00212. The van der Waals surface area contributed by atoms with Crippen LogP contribution in [0, 0.1) is 5.92 Å². The van der Waals surface area contributed by atoms with E-state index in [0.717, 1.165) is 84.8 Å². The van der Waals surface area contributed by atoms with E-state index < -0.39 is 0 Å². The van der Waals surface area contributed by atoms with Gasteiger partial charge in [-0.3, -0.25) is 19.5 Å². The zero-order valence-electron chi connectivity index (χ0n) is 23.8. The molecule has 2 saturated heterocycles. The maximum Gasteiger partial charge on any atom is 0.185 e. The van der Waals surface area contributed by atoms with E-state index in [2.05, 4.69) is 42.4 Å². The van der Waals surface area contributed by atoms with E-state index in [-0.39, 0.29) is 11.6 Å². The molecule has 2 fully saturated rings. The van der Waals surface area contributed by atoms with E-state index in [1.165, 1.54) is 6.08 Å². The van der Waals surface area contributed by atoms with Gasteiger partial charge in [0, 0.05) is 44.4 Å². The quantitative estimate of drug-likeness (QED) is 0.220. The standard InChI is InChI=1S/C33H36N6O3/c1-2-27(40)17-24-8-11-38(12-9-24)21-25-7-10-34-30(18-25)31(41)19-23-3-5-26(6-4-23)29-20-28-32(37-29)35-22-36-33(28)39-13-15-42-16-14-39/h2-7,10,18,20,22,24H,1,8-9,11-17,19,21H2,(H,35,36,37). The van der Waals surface area contributed by atoms with Crippen LogP contribution in [-0.2, 0) is 22.5 Å². The number of aromatic nitrogens is 4. The first-order valence-electron chi connectivity index (χ1n) is 14.7. The molecule has 0 amide bonds. The maximum atomic E-state index is 13.1. The maximum absolute atomic E-state index is 13.1. The van der Waals surface area contributed by atoms with Crippen LogP contribution in [0.2, 0.25) is 0 Å². The number of rotatable bonds is 10. The lowest BCUT2D eigenvalue weighted by atomic mass is 9.91. The zero-order valence-corrected chi connectivity index (χ0v) is 23.8. The summed E-state index contributed by atoms with van der Waals surface area (Å²) in [4.78, 5) is 46.2. The number of H-pyrrole nitrogens is 1. The van der Waals surface area contributed by atoms with Gasteiger partial charge in [0.2, 0.25) is 0 Å². The summed E-state index contributed by atoms with van der Waals surface area (Å²) in [7, 11) is 0. The predicted molar refractivity (Wildman–Crippen MR) is 162 cm³/mol. The number of pyridine rings is 1. The van der Waals surface area contributed by atoms with Crippen LogP contribution in [0.15, 0.2) is 67.6 Å². The highest BCUT2D eigenvalue weighted by atomic mass is 16.5. The summed E-state index contributed by atoms with van der Waals surface area (Å²) in [5.74, 6) is 1.49. The lowest BCUT2D eigenvalue weighted by molar-refractivity contribution is -0.115. The van der Waals surface area contributed by atoms with Gasteiger partial charge in [-0.15, -0.1) is 0 Å². The summed E-state index contributed by atoms with van der Waals surface area (Å²) >= 11 is 0. The molecule has 1 aromatic carbocycles. The van der Waals surface area contributed by atoms with Crippen molar-refractivity contribution < 1.29 is 14.3 Å². The molecule has 3 aromatic heterocycles. The Balaban J connectivity index is 1.07. The average Bonchev–Trinajstić information content (AvgIpc) is 3.47. The third-order valence-corrected chi connectivity index (χ3v) is 8.29. The molecule has 6 rings (SSSR count). The second-order valence-corrected chi connectivity index (χ2v) is 11.2. The number of Topliss-reactive ketones (excluding diaryl/α,β-unsaturated/α-hetero) is 1. The summed E-state index contributed by atoms with van der Waals surface area (Å²) in [5.41, 5.74) is 5.31. The highest BCUT2D eigenvalue weighted by Gasteiger charge is 2.21. The van der Waals surface area contributed by atoms with E-state index in [1.807, 2.05) is 36.4 Å². The molecular weight excluding hydrogens is 528 g/mol. The zero-order chi connectivity index (χ0) is 28.9. The number of nitrogens with one attached hydrogen (secondary N) is 1. The molecule has 0 saturated carbocycles. The Labute approximate surface area is 245 Å². The number of hydrogen-bond acceptors (Lipinski definition) is 8. The number of morpholine rings is 1. The van der Waals surface area contributed by atoms with Crippen LogP contribution in [0.3, 0.4) is 0 Å². The van der Waals surface area contributed by atoms with Crippen LogP contribution >= 0.6 is 0 Å². The lowest BCUT2D eigenvalue weighted by Gasteiger charge is -2.31. The number of fused-ring (bicyclic) bond motifs is 1. The SMILES string of the molecule is C=CC(=O)CC1CCN(Cc2ccnc(C(=O)Cc3ccc(-c4cc5c(N6CCOCC6)ncnc5[nH]4)cc3)c2)CC1. The fraction of sp³-hybridized carbons (Fsp3) is 0.364. The van der Waals surface area contributed by atoms with Gasteiger partial charge >= 0.3 is 0 Å². The van der Waals surface area contributed by atoms with Crippen molar-refractivity contribution in [3.05, 3.63) is 84.5 Å². The fourth-order valence-corrected chi connectivity index (χ4v) is 5.89. The number of benzene rings is 1. The van der Waals surface area contributed by atoms with Crippen molar-refractivity contribution in [1.29, 1.82) is 0 Å². The molecule has 216 valence electrons. The summed E-state index contributed by atoms with van der Waals surface area (Å²) in [5, 5.41) is 0.992. The number of ketones is 2. The molecule has 0 radical (unpaired) electrons. The van der Waals surface area contributed by atoms with Gasteiger partial charge in [0.15, 0.2) is 11.6 Å². The third-order valence-electron chi connectivity index (χ3n) is 8.29. The van der Waals surface area contributed by atoms with Gasteiger partial charge in [-0.05, 0) is 72.8 Å². The molecule has 9 heteroatoms. The minimum Gasteiger partial charge on any atom is -0.378 e. The first-order chi connectivity index (χ1) is 20.6. The average molecular weight is 565 g/mol. The Morgan fingerprint density at radius 2 is 1.76 bits per heavy atom. The first-order valence-corrected chi connectivity index (χ1v) is 14.7. The van der Waals surface area contributed by atoms with Crippen molar-refractivity contribution in [2.24, 2.45) is 5.92 Å². The van der Waals surface area contributed by atoms with Gasteiger partial charge in [-0.1, -0.05) is 30.8 Å². The van der Waals surface area contributed by atoms with E-state index in [1.54, 1.807) is 12.5 Å². The Bertz CT molecular complexity index is 1570. The van der Waals surface area contributed by atoms with Gasteiger partial charge in [-0.25, -0.2) is 9.97 Å². The number of ether oxygens (including phenoxy) is 1. The number of piperidine rings is 1. The molecule has 0 bridgehead atoms. The van der Waals surface area contributed by atoms with Gasteiger partial charge in [0.25, 0.3) is 0 Å². The number of hydrogen-bond donors (Lipinski definition) is 1. The van der Waals surface area contributed by atoms with Gasteiger partial charge in [0.05, 0.1) is 18.6 Å². The van der Waals surface area contributed by atoms with Crippen molar-refractivity contribution >= 4 is 28.4 Å². The molecule has 0 atom stereocenters. The van der Waals surface area contributed by atoms with Crippen molar-refractivity contribution in [2.75, 3.05) is 44.3 Å².